The fourth-order valence-corrected chi connectivity index (χ4v) is 0.552. The second kappa shape index (κ2) is 3.65. The Kier molecular flexibility index (Phi) is 2.80. The fraction of sp³-hybridized carbons (Fsp3) is 0.833. The summed E-state index contributed by atoms with van der Waals surface area (Å²) in [6, 6.07) is 0. The summed E-state index contributed by atoms with van der Waals surface area (Å²) in [4.78, 5) is 8.69. The lowest BCUT2D eigenvalue weighted by atomic mass is 10.5. The molecule has 0 aliphatic carbocycles. The molecule has 2 unspecified atom stereocenters. The van der Waals surface area contributed by atoms with E-state index in [0.29, 0.717) is 12.7 Å². The molecule has 58 valence electrons. The quantitative estimate of drug-likeness (QED) is 0.260. The molecular formula is C6H12N2O2. The molecule has 0 spiro atoms. The molecule has 1 fully saturated rings. The minimum atomic E-state index is 0.0882. The summed E-state index contributed by atoms with van der Waals surface area (Å²) >= 11 is 0. The van der Waals surface area contributed by atoms with Crippen molar-refractivity contribution in [1.29, 1.82) is 0 Å². The molecule has 1 heterocycles. The van der Waals surface area contributed by atoms with Crippen molar-refractivity contribution in [3.05, 3.63) is 0 Å². The molecule has 1 aliphatic rings. The van der Waals surface area contributed by atoms with Gasteiger partial charge in [0.05, 0.1) is 6.10 Å². The predicted octanol–water partition coefficient (Wildman–Crippen LogP) is -0.0470. The Balaban J connectivity index is 1.87. The zero-order chi connectivity index (χ0) is 7.40. The molecular weight excluding hydrogens is 132 g/mol. The maximum Gasteiger partial charge on any atom is 0.156 e. The van der Waals surface area contributed by atoms with Crippen LogP contribution in [0.2, 0.25) is 0 Å². The number of epoxide rings is 1. The van der Waals surface area contributed by atoms with Crippen LogP contribution in [0.1, 0.15) is 6.92 Å². The molecule has 1 aliphatic heterocycles. The van der Waals surface area contributed by atoms with E-state index in [1.165, 1.54) is 0 Å². The number of rotatable bonds is 4. The van der Waals surface area contributed by atoms with Gasteiger partial charge in [0, 0.05) is 13.3 Å². The molecule has 2 atom stereocenters. The van der Waals surface area contributed by atoms with Gasteiger partial charge in [-0.1, -0.05) is 0 Å². The second-order valence-corrected chi connectivity index (χ2v) is 2.13. The first-order chi connectivity index (χ1) is 4.84. The number of hydrogen-bond acceptors (Lipinski definition) is 4. The summed E-state index contributed by atoms with van der Waals surface area (Å²) in [5.74, 6) is 0. The van der Waals surface area contributed by atoms with Crippen molar-refractivity contribution < 1.29 is 9.57 Å². The third-order valence-corrected chi connectivity index (χ3v) is 1.25. The first kappa shape index (κ1) is 7.65. The SMILES string of the molecule is CN=CCONC1OC1C. The number of ether oxygens (including phenoxy) is 1. The van der Waals surface area contributed by atoms with E-state index < -0.39 is 0 Å². The van der Waals surface area contributed by atoms with E-state index in [9.17, 15) is 0 Å². The summed E-state index contributed by atoms with van der Waals surface area (Å²) < 4.78 is 5.02. The van der Waals surface area contributed by atoms with E-state index in [4.69, 9.17) is 9.57 Å². The number of hydrogen-bond donors (Lipinski definition) is 1. The first-order valence-corrected chi connectivity index (χ1v) is 3.28. The van der Waals surface area contributed by atoms with E-state index in [1.54, 1.807) is 13.3 Å². The Labute approximate surface area is 60.2 Å². The average molecular weight is 144 g/mol. The molecule has 1 rings (SSSR count). The smallest absolute Gasteiger partial charge is 0.156 e. The highest BCUT2D eigenvalue weighted by atomic mass is 16.7. The van der Waals surface area contributed by atoms with E-state index >= 15 is 0 Å². The van der Waals surface area contributed by atoms with Gasteiger partial charge < -0.3 is 4.74 Å². The highest BCUT2D eigenvalue weighted by molar-refractivity contribution is 5.57. The van der Waals surface area contributed by atoms with Gasteiger partial charge in [-0.25, -0.2) is 0 Å². The summed E-state index contributed by atoms with van der Waals surface area (Å²) in [6.45, 7) is 2.47. The Bertz CT molecular complexity index is 127. The molecule has 10 heavy (non-hydrogen) atoms. The van der Waals surface area contributed by atoms with Crippen LogP contribution in [0.4, 0.5) is 0 Å². The highest BCUT2D eigenvalue weighted by Gasteiger charge is 2.34. The Morgan fingerprint density at radius 2 is 2.50 bits per heavy atom. The Morgan fingerprint density at radius 1 is 1.80 bits per heavy atom. The molecule has 4 heteroatoms. The fourth-order valence-electron chi connectivity index (χ4n) is 0.552. The van der Waals surface area contributed by atoms with Crippen LogP contribution in [0.15, 0.2) is 4.99 Å². The minimum Gasteiger partial charge on any atom is -0.351 e. The van der Waals surface area contributed by atoms with E-state index in [0.717, 1.165) is 0 Å². The molecule has 0 bridgehead atoms. The van der Waals surface area contributed by atoms with Crippen LogP contribution in [0.5, 0.6) is 0 Å². The lowest BCUT2D eigenvalue weighted by Crippen LogP contribution is -2.20. The van der Waals surface area contributed by atoms with Crippen molar-refractivity contribution in [2.75, 3.05) is 13.7 Å². The van der Waals surface area contributed by atoms with Crippen molar-refractivity contribution in [3.8, 4) is 0 Å². The van der Waals surface area contributed by atoms with Crippen LogP contribution < -0.4 is 5.48 Å². The minimum absolute atomic E-state index is 0.0882. The van der Waals surface area contributed by atoms with Crippen LogP contribution in [0.25, 0.3) is 0 Å². The zero-order valence-electron chi connectivity index (χ0n) is 6.20. The lowest BCUT2D eigenvalue weighted by molar-refractivity contribution is 0.0419. The predicted molar refractivity (Wildman–Crippen MR) is 37.8 cm³/mol. The van der Waals surface area contributed by atoms with Crippen molar-refractivity contribution in [2.45, 2.75) is 19.3 Å². The Morgan fingerprint density at radius 3 is 3.00 bits per heavy atom. The van der Waals surface area contributed by atoms with Crippen LogP contribution in [0, 0.1) is 0 Å². The van der Waals surface area contributed by atoms with Gasteiger partial charge >= 0.3 is 0 Å². The van der Waals surface area contributed by atoms with Gasteiger partial charge in [0.25, 0.3) is 0 Å². The number of nitrogens with zero attached hydrogens (tertiary/aromatic N) is 1. The molecule has 0 aromatic carbocycles. The van der Waals surface area contributed by atoms with Crippen molar-refractivity contribution in [3.63, 3.8) is 0 Å². The standard InChI is InChI=1S/C6H12N2O2/c1-5-6(10-5)8-9-4-3-7-2/h3,5-6,8H,4H2,1-2H3. The van der Waals surface area contributed by atoms with Crippen LogP contribution in [-0.4, -0.2) is 32.2 Å². The molecule has 1 N–H and O–H groups in total. The van der Waals surface area contributed by atoms with E-state index in [2.05, 4.69) is 10.5 Å². The summed E-state index contributed by atoms with van der Waals surface area (Å²) in [6.07, 6.45) is 2.06. The topological polar surface area (TPSA) is 46.1 Å². The molecule has 0 radical (unpaired) electrons. The van der Waals surface area contributed by atoms with Gasteiger partial charge in [0.15, 0.2) is 6.23 Å². The van der Waals surface area contributed by atoms with Crippen molar-refractivity contribution >= 4 is 6.21 Å². The van der Waals surface area contributed by atoms with Gasteiger partial charge in [-0.3, -0.25) is 9.83 Å². The van der Waals surface area contributed by atoms with E-state index in [1.807, 2.05) is 6.92 Å². The Hall–Kier alpha value is -0.450. The van der Waals surface area contributed by atoms with Gasteiger partial charge in [0.1, 0.15) is 6.61 Å². The molecule has 1 saturated heterocycles. The highest BCUT2D eigenvalue weighted by Crippen LogP contribution is 2.16. The van der Waals surface area contributed by atoms with Crippen LogP contribution >= 0.6 is 0 Å². The number of aliphatic imine (C=N–C) groups is 1. The second-order valence-electron chi connectivity index (χ2n) is 2.13. The summed E-state index contributed by atoms with van der Waals surface area (Å²) in [5, 5.41) is 0. The number of nitrogens with one attached hydrogen (secondary N) is 1. The van der Waals surface area contributed by atoms with Gasteiger partial charge in [-0.05, 0) is 6.92 Å². The maximum atomic E-state index is 5.02. The lowest BCUT2D eigenvalue weighted by Gasteiger charge is -1.96. The first-order valence-electron chi connectivity index (χ1n) is 3.28. The van der Waals surface area contributed by atoms with Gasteiger partial charge in [0.2, 0.25) is 0 Å². The summed E-state index contributed by atoms with van der Waals surface area (Å²) in [5.41, 5.74) is 2.73. The average Bonchev–Trinajstić information content (AvgIpc) is 2.60. The molecule has 4 nitrogen and oxygen atoms in total. The third kappa shape index (κ3) is 2.43. The van der Waals surface area contributed by atoms with Crippen LogP contribution in [-0.2, 0) is 9.57 Å². The third-order valence-electron chi connectivity index (χ3n) is 1.25. The maximum absolute atomic E-state index is 5.02. The number of hydroxylamine groups is 1. The van der Waals surface area contributed by atoms with Crippen molar-refractivity contribution in [2.24, 2.45) is 4.99 Å². The summed E-state index contributed by atoms with van der Waals surface area (Å²) in [7, 11) is 1.71. The molecule has 0 aromatic heterocycles. The zero-order valence-corrected chi connectivity index (χ0v) is 6.20. The van der Waals surface area contributed by atoms with Gasteiger partial charge in [-0.2, -0.15) is 5.48 Å². The normalized spacial score (nSPS) is 31.4. The van der Waals surface area contributed by atoms with Gasteiger partial charge in [-0.15, -0.1) is 0 Å². The van der Waals surface area contributed by atoms with Crippen molar-refractivity contribution in [1.82, 2.24) is 5.48 Å². The molecule has 0 amide bonds. The monoisotopic (exact) mass is 144 g/mol. The molecule has 0 aromatic rings. The largest absolute Gasteiger partial charge is 0.351 e. The van der Waals surface area contributed by atoms with E-state index in [-0.39, 0.29) is 6.23 Å². The molecule has 0 saturated carbocycles. The van der Waals surface area contributed by atoms with Crippen LogP contribution in [0.3, 0.4) is 0 Å².